The van der Waals surface area contributed by atoms with E-state index in [-0.39, 0.29) is 6.10 Å². The molecule has 112 valence electrons. The molecule has 3 rings (SSSR count). The molecular weight excluding hydrogens is 262 g/mol. The molecule has 4 heteroatoms. The van der Waals surface area contributed by atoms with Crippen molar-refractivity contribution >= 4 is 16.7 Å². The normalized spacial score (nSPS) is 18.6. The van der Waals surface area contributed by atoms with Gasteiger partial charge in [0, 0.05) is 30.6 Å². The molecule has 0 saturated carbocycles. The number of hydrogen-bond donors (Lipinski definition) is 2. The molecule has 1 aliphatic rings. The van der Waals surface area contributed by atoms with Crippen molar-refractivity contribution in [2.24, 2.45) is 0 Å². The van der Waals surface area contributed by atoms with E-state index in [0.29, 0.717) is 6.54 Å². The average Bonchev–Trinajstić information content (AvgIpc) is 2.93. The summed E-state index contributed by atoms with van der Waals surface area (Å²) < 4.78 is 0. The van der Waals surface area contributed by atoms with Gasteiger partial charge >= 0.3 is 0 Å². The third-order valence-corrected chi connectivity index (χ3v) is 3.99. The number of β-amino-alcohol motifs (C(OH)–C–C–N with tert-alkyl or cyclic N) is 1. The molecule has 0 spiro atoms. The Bertz CT molecular complexity index is 614. The number of pyridine rings is 1. The van der Waals surface area contributed by atoms with Gasteiger partial charge in [0.15, 0.2) is 0 Å². The lowest BCUT2D eigenvalue weighted by atomic mass is 10.1. The lowest BCUT2D eigenvalue weighted by Crippen LogP contribution is -2.25. The van der Waals surface area contributed by atoms with E-state index in [4.69, 9.17) is 4.98 Å². The fourth-order valence-corrected chi connectivity index (χ4v) is 2.89. The summed E-state index contributed by atoms with van der Waals surface area (Å²) in [6, 6.07) is 10.5. The highest BCUT2D eigenvalue weighted by Crippen LogP contribution is 2.26. The number of rotatable bonds is 5. The van der Waals surface area contributed by atoms with Crippen LogP contribution in [-0.2, 0) is 6.54 Å². The molecule has 0 radical (unpaired) electrons. The lowest BCUT2D eigenvalue weighted by molar-refractivity contribution is 0.198. The number of benzene rings is 1. The van der Waals surface area contributed by atoms with Crippen LogP contribution >= 0.6 is 0 Å². The second kappa shape index (κ2) is 6.41. The summed E-state index contributed by atoms with van der Waals surface area (Å²) in [5, 5.41) is 14.4. The first-order valence-electron chi connectivity index (χ1n) is 7.80. The number of para-hydroxylation sites is 1. The molecule has 2 aromatic rings. The molecule has 1 atom stereocenters. The maximum atomic E-state index is 9.79. The topological polar surface area (TPSA) is 48.4 Å². The molecule has 1 aliphatic heterocycles. The third-order valence-electron chi connectivity index (χ3n) is 3.99. The molecule has 0 aliphatic carbocycles. The van der Waals surface area contributed by atoms with Crippen molar-refractivity contribution in [1.29, 1.82) is 0 Å². The van der Waals surface area contributed by atoms with Gasteiger partial charge in [-0.25, -0.2) is 4.98 Å². The minimum atomic E-state index is -0.227. The van der Waals surface area contributed by atoms with E-state index in [0.717, 1.165) is 43.8 Å². The first-order chi connectivity index (χ1) is 10.3. The largest absolute Gasteiger partial charge is 0.391 e. The van der Waals surface area contributed by atoms with Crippen LogP contribution in [0.5, 0.6) is 0 Å². The highest BCUT2D eigenvalue weighted by Gasteiger charge is 2.23. The van der Waals surface area contributed by atoms with Crippen molar-refractivity contribution < 1.29 is 5.11 Å². The second-order valence-electron chi connectivity index (χ2n) is 5.73. The monoisotopic (exact) mass is 285 g/mol. The Morgan fingerprint density at radius 3 is 3.00 bits per heavy atom. The zero-order valence-electron chi connectivity index (χ0n) is 12.5. The zero-order valence-corrected chi connectivity index (χ0v) is 12.5. The lowest BCUT2D eigenvalue weighted by Gasteiger charge is -2.21. The summed E-state index contributed by atoms with van der Waals surface area (Å²) in [5.41, 5.74) is 2.24. The third kappa shape index (κ3) is 3.17. The Hall–Kier alpha value is -1.65. The van der Waals surface area contributed by atoms with Crippen LogP contribution in [0.3, 0.4) is 0 Å². The molecule has 0 amide bonds. The number of aliphatic hydroxyl groups is 1. The first-order valence-corrected chi connectivity index (χ1v) is 7.80. The van der Waals surface area contributed by atoms with Crippen LogP contribution in [0.25, 0.3) is 10.9 Å². The minimum absolute atomic E-state index is 0.227. The molecule has 2 N–H and O–H groups in total. The SMILES string of the molecule is CCCNCc1cc2ccccc2nc1N1CCC(O)C1. The Morgan fingerprint density at radius 1 is 1.38 bits per heavy atom. The molecular formula is C17H23N3O. The van der Waals surface area contributed by atoms with Crippen LogP contribution in [0.2, 0.25) is 0 Å². The maximum Gasteiger partial charge on any atom is 0.133 e. The van der Waals surface area contributed by atoms with E-state index in [9.17, 15) is 5.11 Å². The summed E-state index contributed by atoms with van der Waals surface area (Å²) in [6.45, 7) is 5.57. The van der Waals surface area contributed by atoms with Gasteiger partial charge in [0.1, 0.15) is 5.82 Å². The summed E-state index contributed by atoms with van der Waals surface area (Å²) in [4.78, 5) is 7.05. The van der Waals surface area contributed by atoms with Gasteiger partial charge in [0.25, 0.3) is 0 Å². The smallest absolute Gasteiger partial charge is 0.133 e. The standard InChI is InChI=1S/C17H23N3O/c1-2-8-18-11-14-10-13-5-3-4-6-16(13)19-17(14)20-9-7-15(21)12-20/h3-6,10,15,18,21H,2,7-9,11-12H2,1H3. The van der Waals surface area contributed by atoms with Crippen molar-refractivity contribution in [1.82, 2.24) is 10.3 Å². The van der Waals surface area contributed by atoms with Crippen LogP contribution in [0, 0.1) is 0 Å². The molecule has 1 unspecified atom stereocenters. The second-order valence-corrected chi connectivity index (χ2v) is 5.73. The van der Waals surface area contributed by atoms with E-state index in [1.54, 1.807) is 0 Å². The van der Waals surface area contributed by atoms with Gasteiger partial charge in [-0.05, 0) is 31.5 Å². The van der Waals surface area contributed by atoms with Crippen LogP contribution in [0.1, 0.15) is 25.3 Å². The van der Waals surface area contributed by atoms with Gasteiger partial charge in [-0.15, -0.1) is 0 Å². The van der Waals surface area contributed by atoms with E-state index in [1.807, 2.05) is 12.1 Å². The highest BCUT2D eigenvalue weighted by atomic mass is 16.3. The minimum Gasteiger partial charge on any atom is -0.391 e. The molecule has 21 heavy (non-hydrogen) atoms. The molecule has 2 heterocycles. The molecule has 1 aromatic heterocycles. The number of aromatic nitrogens is 1. The zero-order chi connectivity index (χ0) is 14.7. The Balaban J connectivity index is 1.95. The van der Waals surface area contributed by atoms with Crippen molar-refractivity contribution in [3.63, 3.8) is 0 Å². The van der Waals surface area contributed by atoms with Gasteiger partial charge in [0.2, 0.25) is 0 Å². The van der Waals surface area contributed by atoms with Gasteiger partial charge < -0.3 is 15.3 Å². The van der Waals surface area contributed by atoms with Crippen molar-refractivity contribution in [3.8, 4) is 0 Å². The van der Waals surface area contributed by atoms with Crippen molar-refractivity contribution in [3.05, 3.63) is 35.9 Å². The van der Waals surface area contributed by atoms with Gasteiger partial charge in [0.05, 0.1) is 11.6 Å². The van der Waals surface area contributed by atoms with Crippen LogP contribution in [0.15, 0.2) is 30.3 Å². The summed E-state index contributed by atoms with van der Waals surface area (Å²) in [6.07, 6.45) is 1.73. The number of aliphatic hydroxyl groups excluding tert-OH is 1. The number of nitrogens with zero attached hydrogens (tertiary/aromatic N) is 2. The highest BCUT2D eigenvalue weighted by molar-refractivity contribution is 5.81. The molecule has 1 aromatic carbocycles. The fourth-order valence-electron chi connectivity index (χ4n) is 2.89. The van der Waals surface area contributed by atoms with E-state index >= 15 is 0 Å². The van der Waals surface area contributed by atoms with Gasteiger partial charge in [-0.3, -0.25) is 0 Å². The van der Waals surface area contributed by atoms with E-state index in [1.165, 1.54) is 10.9 Å². The molecule has 4 nitrogen and oxygen atoms in total. The predicted octanol–water partition coefficient (Wildman–Crippen LogP) is 2.31. The van der Waals surface area contributed by atoms with Crippen LogP contribution < -0.4 is 10.2 Å². The predicted molar refractivity (Wildman–Crippen MR) is 86.6 cm³/mol. The maximum absolute atomic E-state index is 9.79. The number of nitrogens with one attached hydrogen (secondary N) is 1. The first kappa shape index (κ1) is 14.3. The quantitative estimate of drug-likeness (QED) is 0.828. The Kier molecular flexibility index (Phi) is 4.36. The average molecular weight is 285 g/mol. The molecule has 1 fully saturated rings. The summed E-state index contributed by atoms with van der Waals surface area (Å²) in [7, 11) is 0. The van der Waals surface area contributed by atoms with Crippen LogP contribution in [-0.4, -0.2) is 35.8 Å². The number of fused-ring (bicyclic) bond motifs is 1. The van der Waals surface area contributed by atoms with Crippen LogP contribution in [0.4, 0.5) is 5.82 Å². The van der Waals surface area contributed by atoms with Gasteiger partial charge in [-0.1, -0.05) is 25.1 Å². The van der Waals surface area contributed by atoms with Gasteiger partial charge in [-0.2, -0.15) is 0 Å². The number of hydrogen-bond acceptors (Lipinski definition) is 4. The van der Waals surface area contributed by atoms with Crippen molar-refractivity contribution in [2.75, 3.05) is 24.5 Å². The van der Waals surface area contributed by atoms with Crippen molar-refractivity contribution in [2.45, 2.75) is 32.4 Å². The fraction of sp³-hybridized carbons (Fsp3) is 0.471. The molecule has 1 saturated heterocycles. The van der Waals surface area contributed by atoms with E-state index < -0.39 is 0 Å². The Morgan fingerprint density at radius 2 is 2.24 bits per heavy atom. The van der Waals surface area contributed by atoms with E-state index in [2.05, 4.69) is 35.3 Å². The summed E-state index contributed by atoms with van der Waals surface area (Å²) in [5.74, 6) is 1.02. The molecule has 0 bridgehead atoms. The number of anilines is 1. The summed E-state index contributed by atoms with van der Waals surface area (Å²) >= 11 is 0. The Labute approximate surface area is 125 Å².